The first-order valence-electron chi connectivity index (χ1n) is 5.22. The summed E-state index contributed by atoms with van der Waals surface area (Å²) in [7, 11) is -3.94. The molecule has 0 fully saturated rings. The predicted molar refractivity (Wildman–Crippen MR) is 76.3 cm³/mol. The molecule has 8 heteroatoms. The van der Waals surface area contributed by atoms with Crippen LogP contribution in [0, 0.1) is 11.6 Å². The largest absolute Gasteiger partial charge is 0.278 e. The fraction of sp³-hybridized carbons (Fsp3) is 0. The maximum atomic E-state index is 13.0. The highest BCUT2D eigenvalue weighted by Gasteiger charge is 2.17. The Balaban J connectivity index is 2.38. The molecule has 106 valence electrons. The number of anilines is 1. The van der Waals surface area contributed by atoms with E-state index in [4.69, 9.17) is 11.6 Å². The minimum absolute atomic E-state index is 0.159. The third-order valence-electron chi connectivity index (χ3n) is 2.38. The summed E-state index contributed by atoms with van der Waals surface area (Å²) in [4.78, 5) is -0.194. The summed E-state index contributed by atoms with van der Waals surface area (Å²) in [5, 5.41) is -0.300. The molecule has 0 radical (unpaired) electrons. The van der Waals surface area contributed by atoms with Gasteiger partial charge in [0.1, 0.15) is 11.6 Å². The van der Waals surface area contributed by atoms with E-state index in [-0.39, 0.29) is 20.1 Å². The molecule has 2 aromatic carbocycles. The second-order valence-corrected chi connectivity index (χ2v) is 6.75. The van der Waals surface area contributed by atoms with E-state index in [1.54, 1.807) is 0 Å². The highest BCUT2D eigenvalue weighted by atomic mass is 79.9. The van der Waals surface area contributed by atoms with Gasteiger partial charge >= 0.3 is 0 Å². The van der Waals surface area contributed by atoms with Gasteiger partial charge in [0.15, 0.2) is 0 Å². The van der Waals surface area contributed by atoms with Gasteiger partial charge in [-0.3, -0.25) is 4.72 Å². The summed E-state index contributed by atoms with van der Waals surface area (Å²) in [5.74, 6) is -1.22. The summed E-state index contributed by atoms with van der Waals surface area (Å²) < 4.78 is 52.7. The minimum atomic E-state index is -3.94. The van der Waals surface area contributed by atoms with E-state index in [2.05, 4.69) is 20.7 Å². The van der Waals surface area contributed by atoms with Crippen molar-refractivity contribution < 1.29 is 17.2 Å². The number of benzene rings is 2. The van der Waals surface area contributed by atoms with Gasteiger partial charge in [-0.05, 0) is 52.3 Å². The van der Waals surface area contributed by atoms with Gasteiger partial charge in [-0.1, -0.05) is 11.6 Å². The molecule has 0 saturated carbocycles. The summed E-state index contributed by atoms with van der Waals surface area (Å²) in [6, 6.07) is 6.53. The Hall–Kier alpha value is -1.18. The molecule has 3 nitrogen and oxygen atoms in total. The van der Waals surface area contributed by atoms with Gasteiger partial charge in [-0.2, -0.15) is 0 Å². The van der Waals surface area contributed by atoms with Crippen molar-refractivity contribution in [2.24, 2.45) is 0 Å². The first-order chi connectivity index (χ1) is 9.29. The number of hydrogen-bond donors (Lipinski definition) is 1. The average Bonchev–Trinajstić information content (AvgIpc) is 2.36. The maximum Gasteiger partial charge on any atom is 0.261 e. The van der Waals surface area contributed by atoms with Crippen molar-refractivity contribution in [1.29, 1.82) is 0 Å². The smallest absolute Gasteiger partial charge is 0.261 e. The van der Waals surface area contributed by atoms with Crippen LogP contribution in [-0.2, 0) is 10.0 Å². The molecule has 0 heterocycles. The molecule has 0 aromatic heterocycles. The van der Waals surface area contributed by atoms with Gasteiger partial charge in [-0.15, -0.1) is 0 Å². The Bertz CT molecular complexity index is 768. The maximum absolute atomic E-state index is 13.0. The molecule has 1 N–H and O–H groups in total. The fourth-order valence-corrected chi connectivity index (χ4v) is 3.35. The van der Waals surface area contributed by atoms with Crippen LogP contribution in [0.15, 0.2) is 45.8 Å². The van der Waals surface area contributed by atoms with Gasteiger partial charge in [0.25, 0.3) is 10.0 Å². The molecular formula is C12H7BrClF2NO2S. The highest BCUT2D eigenvalue weighted by molar-refractivity contribution is 9.10. The molecule has 0 aliphatic heterocycles. The van der Waals surface area contributed by atoms with Crippen molar-refractivity contribution in [2.75, 3.05) is 4.72 Å². The molecular weight excluding hydrogens is 376 g/mol. The van der Waals surface area contributed by atoms with E-state index in [1.807, 2.05) is 0 Å². The quantitative estimate of drug-likeness (QED) is 0.865. The van der Waals surface area contributed by atoms with Gasteiger partial charge in [-0.25, -0.2) is 17.2 Å². The van der Waals surface area contributed by atoms with Crippen molar-refractivity contribution in [3.05, 3.63) is 57.5 Å². The van der Waals surface area contributed by atoms with E-state index in [9.17, 15) is 17.2 Å². The standard InChI is InChI=1S/C12H7BrClF2NO2S/c13-9-5-7(15)1-4-12(9)17-20(18,19)8-2-3-11(16)10(14)6-8/h1-6,17H. The van der Waals surface area contributed by atoms with E-state index in [1.165, 1.54) is 6.07 Å². The predicted octanol–water partition coefficient (Wildman–Crippen LogP) is 4.18. The fourth-order valence-electron chi connectivity index (χ4n) is 1.42. The topological polar surface area (TPSA) is 46.2 Å². The molecule has 0 saturated heterocycles. The van der Waals surface area contributed by atoms with Gasteiger partial charge in [0.2, 0.25) is 0 Å². The lowest BCUT2D eigenvalue weighted by atomic mass is 10.3. The summed E-state index contributed by atoms with van der Waals surface area (Å²) in [6.45, 7) is 0. The Kier molecular flexibility index (Phi) is 4.31. The van der Waals surface area contributed by atoms with Crippen molar-refractivity contribution in [3.63, 3.8) is 0 Å². The molecule has 2 rings (SSSR count). The third-order valence-corrected chi connectivity index (χ3v) is 4.69. The van der Waals surface area contributed by atoms with E-state index >= 15 is 0 Å². The molecule has 0 unspecified atom stereocenters. The van der Waals surface area contributed by atoms with Crippen LogP contribution in [0.25, 0.3) is 0 Å². The SMILES string of the molecule is O=S(=O)(Nc1ccc(F)cc1Br)c1ccc(F)c(Cl)c1. The highest BCUT2D eigenvalue weighted by Crippen LogP contribution is 2.27. The third kappa shape index (κ3) is 3.28. The minimum Gasteiger partial charge on any atom is -0.278 e. The van der Waals surface area contributed by atoms with Crippen LogP contribution in [0.2, 0.25) is 5.02 Å². The number of halogens is 4. The van der Waals surface area contributed by atoms with Crippen molar-refractivity contribution in [2.45, 2.75) is 4.90 Å². The summed E-state index contributed by atoms with van der Waals surface area (Å²) >= 11 is 8.59. The monoisotopic (exact) mass is 381 g/mol. The zero-order chi connectivity index (χ0) is 14.9. The van der Waals surface area contributed by atoms with Crippen LogP contribution in [0.3, 0.4) is 0 Å². The van der Waals surface area contributed by atoms with E-state index in [0.29, 0.717) is 0 Å². The van der Waals surface area contributed by atoms with Gasteiger partial charge in [0, 0.05) is 4.47 Å². The van der Waals surface area contributed by atoms with Crippen LogP contribution < -0.4 is 4.72 Å². The molecule has 2 aromatic rings. The summed E-state index contributed by atoms with van der Waals surface area (Å²) in [6.07, 6.45) is 0. The number of nitrogens with one attached hydrogen (secondary N) is 1. The lowest BCUT2D eigenvalue weighted by Gasteiger charge is -2.10. The van der Waals surface area contributed by atoms with E-state index in [0.717, 1.165) is 30.3 Å². The van der Waals surface area contributed by atoms with Crippen LogP contribution >= 0.6 is 27.5 Å². The molecule has 0 bridgehead atoms. The van der Waals surface area contributed by atoms with Crippen LogP contribution in [0.1, 0.15) is 0 Å². The van der Waals surface area contributed by atoms with Crippen molar-refractivity contribution in [3.8, 4) is 0 Å². The first kappa shape index (κ1) is 15.2. The van der Waals surface area contributed by atoms with Crippen LogP contribution in [-0.4, -0.2) is 8.42 Å². The Morgan fingerprint density at radius 3 is 2.40 bits per heavy atom. The zero-order valence-electron chi connectivity index (χ0n) is 9.70. The Morgan fingerprint density at radius 2 is 1.80 bits per heavy atom. The Morgan fingerprint density at radius 1 is 1.10 bits per heavy atom. The zero-order valence-corrected chi connectivity index (χ0v) is 12.9. The lowest BCUT2D eigenvalue weighted by Crippen LogP contribution is -2.13. The number of hydrogen-bond acceptors (Lipinski definition) is 2. The lowest BCUT2D eigenvalue weighted by molar-refractivity contribution is 0.599. The average molecular weight is 383 g/mol. The van der Waals surface area contributed by atoms with Crippen molar-refractivity contribution >= 4 is 43.2 Å². The molecule has 0 aliphatic carbocycles. The number of sulfonamides is 1. The molecule has 0 amide bonds. The molecule has 0 aliphatic rings. The number of rotatable bonds is 3. The van der Waals surface area contributed by atoms with Crippen LogP contribution in [0.4, 0.5) is 14.5 Å². The first-order valence-corrected chi connectivity index (χ1v) is 7.88. The molecule has 20 heavy (non-hydrogen) atoms. The van der Waals surface area contributed by atoms with Crippen LogP contribution in [0.5, 0.6) is 0 Å². The van der Waals surface area contributed by atoms with E-state index < -0.39 is 21.7 Å². The van der Waals surface area contributed by atoms with Gasteiger partial charge in [0.05, 0.1) is 15.6 Å². The van der Waals surface area contributed by atoms with Gasteiger partial charge < -0.3 is 0 Å². The molecule has 0 atom stereocenters. The Labute approximate surface area is 127 Å². The summed E-state index contributed by atoms with van der Waals surface area (Å²) in [5.41, 5.74) is 0.159. The normalized spacial score (nSPS) is 11.4. The second-order valence-electron chi connectivity index (χ2n) is 3.81. The van der Waals surface area contributed by atoms with Crippen molar-refractivity contribution in [1.82, 2.24) is 0 Å². The second kappa shape index (κ2) is 5.67. The molecule has 0 spiro atoms.